The quantitative estimate of drug-likeness (QED) is 0.387. The summed E-state index contributed by atoms with van der Waals surface area (Å²) in [5.74, 6) is 1.18. The zero-order chi connectivity index (χ0) is 12.4. The summed E-state index contributed by atoms with van der Waals surface area (Å²) in [6.07, 6.45) is 7.92. The van der Waals surface area contributed by atoms with Gasteiger partial charge in [0, 0.05) is 12.4 Å². The lowest BCUT2D eigenvalue weighted by atomic mass is 10.2. The molecule has 5 heteroatoms. The molecule has 0 bridgehead atoms. The number of hydrogen-bond donors (Lipinski definition) is 0. The summed E-state index contributed by atoms with van der Waals surface area (Å²) in [6, 6.07) is 8.14. The molecule has 0 atom stereocenters. The lowest BCUT2D eigenvalue weighted by Gasteiger charge is -1.91. The van der Waals surface area contributed by atoms with Gasteiger partial charge in [0.15, 0.2) is 6.20 Å². The summed E-state index contributed by atoms with van der Waals surface area (Å²) in [5, 5.41) is 4.41. The topological polar surface area (TPSA) is 38.5 Å². The number of pyridine rings is 1. The maximum atomic E-state index is 4.45. The first-order valence-electron chi connectivity index (χ1n) is 6.23. The van der Waals surface area contributed by atoms with E-state index in [0.29, 0.717) is 0 Å². The number of aromatic nitrogens is 5. The largest absolute Gasteiger partial charge is 0.297 e. The predicted octanol–water partition coefficient (Wildman–Crippen LogP) is 1.30. The summed E-state index contributed by atoms with van der Waals surface area (Å²) >= 11 is 0. The van der Waals surface area contributed by atoms with E-state index in [1.807, 2.05) is 29.0 Å². The molecule has 0 N–H and O–H groups in total. The molecule has 0 saturated carbocycles. The Balaban J connectivity index is 1.97. The van der Waals surface area contributed by atoms with Gasteiger partial charge in [-0.1, -0.05) is 0 Å². The van der Waals surface area contributed by atoms with Gasteiger partial charge in [0.2, 0.25) is 0 Å². The highest BCUT2D eigenvalue weighted by atomic mass is 15.3. The summed E-state index contributed by atoms with van der Waals surface area (Å²) in [6.45, 7) is 0.835. The van der Waals surface area contributed by atoms with Crippen LogP contribution >= 0.6 is 0 Å². The average Bonchev–Trinajstić information content (AvgIpc) is 3.05. The lowest BCUT2D eigenvalue weighted by molar-refractivity contribution is -0.670. The van der Waals surface area contributed by atoms with E-state index in [1.54, 1.807) is 0 Å². The van der Waals surface area contributed by atoms with Crippen LogP contribution < -0.4 is 4.57 Å². The van der Waals surface area contributed by atoms with Gasteiger partial charge in [-0.3, -0.25) is 4.98 Å². The SMILES string of the molecule is c1cnc2c(c1)-c1n3cc4cccnn4c3c[n+]1C2. The fraction of sp³-hybridized carbons (Fsp3) is 0.0714. The van der Waals surface area contributed by atoms with Crippen LogP contribution in [0.5, 0.6) is 0 Å². The molecule has 5 rings (SSSR count). The van der Waals surface area contributed by atoms with Crippen LogP contribution in [0.4, 0.5) is 0 Å². The van der Waals surface area contributed by atoms with Crippen molar-refractivity contribution in [1.82, 2.24) is 19.0 Å². The molecule has 4 aromatic heterocycles. The number of rotatable bonds is 0. The Labute approximate surface area is 108 Å². The molecule has 0 aromatic carbocycles. The van der Waals surface area contributed by atoms with Crippen molar-refractivity contribution in [3.05, 3.63) is 54.7 Å². The smallest absolute Gasteiger partial charge is 0.256 e. The van der Waals surface area contributed by atoms with E-state index in [9.17, 15) is 0 Å². The van der Waals surface area contributed by atoms with E-state index in [2.05, 4.69) is 43.6 Å². The van der Waals surface area contributed by atoms with Crippen molar-refractivity contribution in [2.45, 2.75) is 6.54 Å². The Kier molecular flexibility index (Phi) is 1.46. The van der Waals surface area contributed by atoms with Crippen molar-refractivity contribution in [2.75, 3.05) is 0 Å². The van der Waals surface area contributed by atoms with Gasteiger partial charge < -0.3 is 0 Å². The van der Waals surface area contributed by atoms with Crippen molar-refractivity contribution < 1.29 is 4.57 Å². The van der Waals surface area contributed by atoms with Crippen LogP contribution in [-0.4, -0.2) is 19.0 Å². The van der Waals surface area contributed by atoms with Gasteiger partial charge >= 0.3 is 0 Å². The van der Waals surface area contributed by atoms with E-state index in [4.69, 9.17) is 0 Å². The Morgan fingerprint density at radius 3 is 3.11 bits per heavy atom. The van der Waals surface area contributed by atoms with E-state index in [-0.39, 0.29) is 0 Å². The third kappa shape index (κ3) is 1.03. The summed E-state index contributed by atoms with van der Waals surface area (Å²) in [7, 11) is 0. The molecule has 0 saturated heterocycles. The van der Waals surface area contributed by atoms with Gasteiger partial charge in [0.1, 0.15) is 18.3 Å². The summed E-state index contributed by atoms with van der Waals surface area (Å²) in [4.78, 5) is 4.45. The highest BCUT2D eigenvalue weighted by molar-refractivity contribution is 5.65. The van der Waals surface area contributed by atoms with Crippen LogP contribution in [0.15, 0.2) is 49.1 Å². The van der Waals surface area contributed by atoms with Crippen LogP contribution in [0, 0.1) is 0 Å². The predicted molar refractivity (Wildman–Crippen MR) is 68.7 cm³/mol. The van der Waals surface area contributed by atoms with E-state index >= 15 is 0 Å². The highest BCUT2D eigenvalue weighted by Gasteiger charge is 2.32. The van der Waals surface area contributed by atoms with Crippen LogP contribution in [0.3, 0.4) is 0 Å². The van der Waals surface area contributed by atoms with Crippen LogP contribution in [0.1, 0.15) is 5.69 Å². The van der Waals surface area contributed by atoms with Crippen molar-refractivity contribution in [2.24, 2.45) is 0 Å². The summed E-state index contributed by atoms with van der Waals surface area (Å²) < 4.78 is 6.38. The number of imidazole rings is 2. The first kappa shape index (κ1) is 9.27. The number of fused-ring (bicyclic) bond motifs is 7. The minimum atomic E-state index is 0.835. The molecular formula is C14H10N5+. The van der Waals surface area contributed by atoms with Gasteiger partial charge in [-0.2, -0.15) is 14.0 Å². The van der Waals surface area contributed by atoms with Crippen molar-refractivity contribution in [3.8, 4) is 11.4 Å². The third-order valence-electron chi connectivity index (χ3n) is 3.73. The molecule has 4 aromatic rings. The fourth-order valence-corrected chi connectivity index (χ4v) is 2.93. The molecule has 0 radical (unpaired) electrons. The molecule has 5 nitrogen and oxygen atoms in total. The molecule has 0 aliphatic carbocycles. The highest BCUT2D eigenvalue weighted by Crippen LogP contribution is 2.27. The number of hydrogen-bond acceptors (Lipinski definition) is 2. The van der Waals surface area contributed by atoms with E-state index in [1.165, 1.54) is 11.4 Å². The Bertz CT molecular complexity index is 947. The maximum absolute atomic E-state index is 4.45. The molecule has 0 unspecified atom stereocenters. The second kappa shape index (κ2) is 3.00. The fourth-order valence-electron chi connectivity index (χ4n) is 2.93. The molecule has 19 heavy (non-hydrogen) atoms. The first-order valence-corrected chi connectivity index (χ1v) is 6.23. The van der Waals surface area contributed by atoms with Crippen LogP contribution in [-0.2, 0) is 6.54 Å². The summed E-state index contributed by atoms with van der Waals surface area (Å²) in [5.41, 5.74) is 4.52. The van der Waals surface area contributed by atoms with Crippen LogP contribution in [0.25, 0.3) is 22.6 Å². The normalized spacial score (nSPS) is 13.1. The molecule has 0 fully saturated rings. The maximum Gasteiger partial charge on any atom is 0.297 e. The van der Waals surface area contributed by atoms with Crippen LogP contribution in [0.2, 0.25) is 0 Å². The zero-order valence-corrected chi connectivity index (χ0v) is 10.1. The molecular weight excluding hydrogens is 238 g/mol. The van der Waals surface area contributed by atoms with Gasteiger partial charge in [-0.05, 0) is 24.3 Å². The van der Waals surface area contributed by atoms with E-state index < -0.39 is 0 Å². The Morgan fingerprint density at radius 2 is 2.11 bits per heavy atom. The van der Waals surface area contributed by atoms with Gasteiger partial charge in [-0.15, -0.1) is 0 Å². The number of nitrogens with zero attached hydrogens (tertiary/aromatic N) is 5. The molecule has 1 aliphatic heterocycles. The van der Waals surface area contributed by atoms with Crippen molar-refractivity contribution >= 4 is 11.2 Å². The monoisotopic (exact) mass is 248 g/mol. The minimum Gasteiger partial charge on any atom is -0.256 e. The standard InChI is InChI=1S/C14H10N5/c1-3-10-7-18-13(19(10)16-6-1)9-17-8-12-11(14(17)18)4-2-5-15-12/h1-7,9H,8H2/q+1. The van der Waals surface area contributed by atoms with Gasteiger partial charge in [0.25, 0.3) is 11.5 Å². The van der Waals surface area contributed by atoms with Crippen molar-refractivity contribution in [1.29, 1.82) is 0 Å². The Hall–Kier alpha value is -2.69. The minimum absolute atomic E-state index is 0.835. The molecule has 1 aliphatic rings. The molecule has 0 spiro atoms. The van der Waals surface area contributed by atoms with E-state index in [0.717, 1.165) is 23.4 Å². The van der Waals surface area contributed by atoms with Crippen molar-refractivity contribution in [3.63, 3.8) is 0 Å². The van der Waals surface area contributed by atoms with Gasteiger partial charge in [-0.25, -0.2) is 4.57 Å². The molecule has 0 amide bonds. The third-order valence-corrected chi connectivity index (χ3v) is 3.73. The Morgan fingerprint density at radius 1 is 1.16 bits per heavy atom. The lowest BCUT2D eigenvalue weighted by Crippen LogP contribution is -2.29. The second-order valence-corrected chi connectivity index (χ2v) is 4.80. The average molecular weight is 248 g/mol. The zero-order valence-electron chi connectivity index (χ0n) is 10.1. The van der Waals surface area contributed by atoms with Gasteiger partial charge in [0.05, 0.1) is 11.3 Å². The molecule has 90 valence electrons. The molecule has 5 heterocycles. The first-order chi connectivity index (χ1) is 9.42. The second-order valence-electron chi connectivity index (χ2n) is 4.80.